The maximum absolute atomic E-state index is 2.44. The highest BCUT2D eigenvalue weighted by atomic mass is 14.2. The van der Waals surface area contributed by atoms with Crippen molar-refractivity contribution in [1.29, 1.82) is 0 Å². The highest BCUT2D eigenvalue weighted by Gasteiger charge is 2.22. The first-order chi connectivity index (χ1) is 21.5. The summed E-state index contributed by atoms with van der Waals surface area (Å²) in [7, 11) is 0. The number of benzene rings is 8. The molecule has 44 heavy (non-hydrogen) atoms. The van der Waals surface area contributed by atoms with Crippen molar-refractivity contribution in [3.05, 3.63) is 156 Å². The monoisotopic (exact) mass is 562 g/mol. The van der Waals surface area contributed by atoms with Crippen molar-refractivity contribution in [2.45, 2.75) is 27.7 Å². The Balaban J connectivity index is 1.62. The molecule has 0 heteroatoms. The standard InChI is InChI=1S/C44H34/c1-27-13-5-9-17-31(27)39-25-40(32-18-10-6-14-28(32)2)36-23-24-38-42(34-20-12-8-16-30(34)4)26-41(33-19-11-7-15-29(33)3)37-22-21-35(39)43(36)44(37)38/h5-26H,1-4H3. The number of hydrogen-bond donors (Lipinski definition) is 0. The van der Waals surface area contributed by atoms with Gasteiger partial charge in [-0.25, -0.2) is 0 Å². The third-order valence-corrected chi connectivity index (χ3v) is 9.64. The van der Waals surface area contributed by atoms with Gasteiger partial charge < -0.3 is 0 Å². The van der Waals surface area contributed by atoms with Gasteiger partial charge in [-0.3, -0.25) is 0 Å². The third kappa shape index (κ3) is 3.98. The molecule has 0 saturated heterocycles. The summed E-state index contributed by atoms with van der Waals surface area (Å²) in [6, 6.07) is 49.6. The lowest BCUT2D eigenvalue weighted by Gasteiger charge is -2.23. The molecule has 0 aliphatic heterocycles. The van der Waals surface area contributed by atoms with Crippen LogP contribution in [0, 0.1) is 27.7 Å². The van der Waals surface area contributed by atoms with Crippen LogP contribution in [0.1, 0.15) is 22.3 Å². The molecule has 0 fully saturated rings. The summed E-state index contributed by atoms with van der Waals surface area (Å²) in [4.78, 5) is 0. The highest BCUT2D eigenvalue weighted by molar-refractivity contribution is 6.32. The van der Waals surface area contributed by atoms with Crippen molar-refractivity contribution >= 4 is 32.3 Å². The van der Waals surface area contributed by atoms with Crippen molar-refractivity contribution in [3.8, 4) is 44.5 Å². The Hall–Kier alpha value is -5.20. The lowest BCUT2D eigenvalue weighted by Crippen LogP contribution is -1.96. The molecule has 8 aromatic carbocycles. The van der Waals surface area contributed by atoms with Crippen molar-refractivity contribution in [1.82, 2.24) is 0 Å². The number of aryl methyl sites for hydroxylation is 4. The summed E-state index contributed by atoms with van der Waals surface area (Å²) in [5.41, 5.74) is 15.5. The van der Waals surface area contributed by atoms with Crippen LogP contribution in [0.5, 0.6) is 0 Å². The van der Waals surface area contributed by atoms with Crippen LogP contribution >= 0.6 is 0 Å². The van der Waals surface area contributed by atoms with Crippen LogP contribution in [0.2, 0.25) is 0 Å². The molecule has 0 nitrogen and oxygen atoms in total. The molecule has 0 bridgehead atoms. The Morgan fingerprint density at radius 3 is 0.705 bits per heavy atom. The fourth-order valence-corrected chi connectivity index (χ4v) is 7.38. The van der Waals surface area contributed by atoms with E-state index in [4.69, 9.17) is 0 Å². The molecule has 0 spiro atoms. The average molecular weight is 563 g/mol. The van der Waals surface area contributed by atoms with Gasteiger partial charge in [0.2, 0.25) is 0 Å². The molecule has 0 amide bonds. The normalized spacial score (nSPS) is 11.6. The zero-order chi connectivity index (χ0) is 29.9. The van der Waals surface area contributed by atoms with E-state index in [1.54, 1.807) is 0 Å². The van der Waals surface area contributed by atoms with Crippen LogP contribution in [0.25, 0.3) is 76.8 Å². The van der Waals surface area contributed by atoms with Gasteiger partial charge in [-0.2, -0.15) is 0 Å². The SMILES string of the molecule is Cc1ccccc1-c1cc(-c2ccccc2C)c2ccc3c(-c4ccccc4C)cc(-c4ccccc4C)c4ccc1c2c43. The van der Waals surface area contributed by atoms with E-state index in [0.717, 1.165) is 0 Å². The van der Waals surface area contributed by atoms with E-state index in [0.29, 0.717) is 0 Å². The molecule has 0 radical (unpaired) electrons. The maximum Gasteiger partial charge on any atom is -0.00139 e. The zero-order valence-corrected chi connectivity index (χ0v) is 25.7. The minimum atomic E-state index is 1.29. The maximum atomic E-state index is 2.44. The minimum absolute atomic E-state index is 1.29. The van der Waals surface area contributed by atoms with Gasteiger partial charge in [0.1, 0.15) is 0 Å². The van der Waals surface area contributed by atoms with Gasteiger partial charge in [-0.15, -0.1) is 0 Å². The van der Waals surface area contributed by atoms with E-state index >= 15 is 0 Å². The molecule has 0 N–H and O–H groups in total. The molecule has 0 heterocycles. The molecule has 8 rings (SSSR count). The van der Waals surface area contributed by atoms with Gasteiger partial charge in [0.15, 0.2) is 0 Å². The Labute approximate surface area is 259 Å². The summed E-state index contributed by atoms with van der Waals surface area (Å²) in [5.74, 6) is 0. The predicted molar refractivity (Wildman–Crippen MR) is 191 cm³/mol. The molecular weight excluding hydrogens is 528 g/mol. The average Bonchev–Trinajstić information content (AvgIpc) is 3.04. The first-order valence-corrected chi connectivity index (χ1v) is 15.5. The van der Waals surface area contributed by atoms with Crippen LogP contribution in [-0.2, 0) is 0 Å². The Morgan fingerprint density at radius 1 is 0.250 bits per heavy atom. The number of rotatable bonds is 4. The van der Waals surface area contributed by atoms with Gasteiger partial charge in [0.25, 0.3) is 0 Å². The predicted octanol–water partition coefficient (Wildman–Crippen LogP) is 12.5. The van der Waals surface area contributed by atoms with Crippen molar-refractivity contribution in [2.24, 2.45) is 0 Å². The van der Waals surface area contributed by atoms with Crippen LogP contribution < -0.4 is 0 Å². The lowest BCUT2D eigenvalue weighted by molar-refractivity contribution is 1.45. The van der Waals surface area contributed by atoms with E-state index in [1.807, 2.05) is 0 Å². The van der Waals surface area contributed by atoms with Crippen molar-refractivity contribution in [3.63, 3.8) is 0 Å². The molecule has 0 saturated carbocycles. The number of hydrogen-bond acceptors (Lipinski definition) is 0. The topological polar surface area (TPSA) is 0 Å². The summed E-state index contributed by atoms with van der Waals surface area (Å²) >= 11 is 0. The van der Waals surface area contributed by atoms with Crippen LogP contribution in [0.4, 0.5) is 0 Å². The Kier molecular flexibility index (Phi) is 6.13. The Morgan fingerprint density at radius 2 is 0.477 bits per heavy atom. The molecular formula is C44H34. The summed E-state index contributed by atoms with van der Waals surface area (Å²) in [6.07, 6.45) is 0. The minimum Gasteiger partial charge on any atom is -0.0620 e. The van der Waals surface area contributed by atoms with E-state index in [-0.39, 0.29) is 0 Å². The molecule has 0 aliphatic carbocycles. The van der Waals surface area contributed by atoms with Crippen molar-refractivity contribution < 1.29 is 0 Å². The van der Waals surface area contributed by atoms with Crippen LogP contribution in [0.3, 0.4) is 0 Å². The lowest BCUT2D eigenvalue weighted by atomic mass is 9.80. The quantitative estimate of drug-likeness (QED) is 0.187. The van der Waals surface area contributed by atoms with Gasteiger partial charge in [0, 0.05) is 0 Å². The van der Waals surface area contributed by atoms with Gasteiger partial charge in [-0.1, -0.05) is 121 Å². The first-order valence-electron chi connectivity index (χ1n) is 15.5. The molecule has 8 aromatic rings. The van der Waals surface area contributed by atoms with Crippen LogP contribution in [0.15, 0.2) is 133 Å². The molecule has 0 unspecified atom stereocenters. The third-order valence-electron chi connectivity index (χ3n) is 9.64. The summed E-state index contributed by atoms with van der Waals surface area (Å²) in [6.45, 7) is 8.92. The van der Waals surface area contributed by atoms with E-state index < -0.39 is 0 Å². The first kappa shape index (κ1) is 26.4. The second kappa shape index (κ2) is 10.2. The smallest absolute Gasteiger partial charge is 0.00139 e. The van der Waals surface area contributed by atoms with Crippen molar-refractivity contribution in [2.75, 3.05) is 0 Å². The zero-order valence-electron chi connectivity index (χ0n) is 25.7. The Bertz CT molecular complexity index is 2040. The van der Waals surface area contributed by atoms with E-state index in [2.05, 4.69) is 161 Å². The largest absolute Gasteiger partial charge is 0.0620 e. The summed E-state index contributed by atoms with van der Waals surface area (Å²) in [5, 5.41) is 7.93. The fraction of sp³-hybridized carbons (Fsp3) is 0.0909. The fourth-order valence-electron chi connectivity index (χ4n) is 7.38. The second-order valence-electron chi connectivity index (χ2n) is 12.3. The van der Waals surface area contributed by atoms with E-state index in [1.165, 1.54) is 99.1 Å². The van der Waals surface area contributed by atoms with E-state index in [9.17, 15) is 0 Å². The molecule has 210 valence electrons. The van der Waals surface area contributed by atoms with Crippen LogP contribution in [-0.4, -0.2) is 0 Å². The van der Waals surface area contributed by atoms with Gasteiger partial charge >= 0.3 is 0 Å². The van der Waals surface area contributed by atoms with Gasteiger partial charge in [-0.05, 0) is 139 Å². The van der Waals surface area contributed by atoms with Gasteiger partial charge in [0.05, 0.1) is 0 Å². The molecule has 0 atom stereocenters. The summed E-state index contributed by atoms with van der Waals surface area (Å²) < 4.78 is 0. The highest BCUT2D eigenvalue weighted by Crippen LogP contribution is 2.49. The second-order valence-corrected chi connectivity index (χ2v) is 12.3. The molecule has 0 aromatic heterocycles. The molecule has 0 aliphatic rings.